The van der Waals surface area contributed by atoms with Gasteiger partial charge in [-0.25, -0.2) is 4.98 Å². The molecule has 1 aliphatic rings. The van der Waals surface area contributed by atoms with Gasteiger partial charge in [0.05, 0.1) is 4.92 Å². The monoisotopic (exact) mass is 326 g/mol. The molecule has 0 unspecified atom stereocenters. The minimum atomic E-state index is -0.443. The number of pyridine rings is 1. The summed E-state index contributed by atoms with van der Waals surface area (Å²) in [6.45, 7) is 4.23. The van der Waals surface area contributed by atoms with E-state index in [0.29, 0.717) is 30.9 Å². The molecule has 0 fully saturated rings. The molecule has 124 valence electrons. The van der Waals surface area contributed by atoms with Crippen LogP contribution in [0.2, 0.25) is 0 Å². The van der Waals surface area contributed by atoms with E-state index in [4.69, 9.17) is 0 Å². The number of nitrogens with one attached hydrogen (secondary N) is 1. The second kappa shape index (κ2) is 6.27. The predicted octanol–water partition coefficient (Wildman–Crippen LogP) is 3.34. The third-order valence-electron chi connectivity index (χ3n) is 4.12. The maximum Gasteiger partial charge on any atom is 0.290 e. The van der Waals surface area contributed by atoms with Crippen molar-refractivity contribution in [2.75, 3.05) is 16.8 Å². The third-order valence-corrected chi connectivity index (χ3v) is 4.12. The lowest BCUT2D eigenvalue weighted by molar-refractivity contribution is -0.385. The molecule has 1 aromatic carbocycles. The van der Waals surface area contributed by atoms with Crippen LogP contribution in [0, 0.1) is 17.0 Å². The first-order valence-corrected chi connectivity index (χ1v) is 7.82. The molecule has 0 atom stereocenters. The summed E-state index contributed by atoms with van der Waals surface area (Å²) in [5.41, 5.74) is 3.28. The van der Waals surface area contributed by atoms with E-state index in [0.717, 1.165) is 16.9 Å². The van der Waals surface area contributed by atoms with Gasteiger partial charge < -0.3 is 10.2 Å². The Kier molecular flexibility index (Phi) is 4.16. The van der Waals surface area contributed by atoms with E-state index in [2.05, 4.69) is 10.3 Å². The molecule has 0 bridgehead atoms. The minimum Gasteiger partial charge on any atom is -0.340 e. The van der Waals surface area contributed by atoms with Crippen molar-refractivity contribution in [2.45, 2.75) is 26.7 Å². The topological polar surface area (TPSA) is 88.4 Å². The minimum absolute atomic E-state index is 0.00286. The molecule has 0 spiro atoms. The number of nitrogens with zero attached hydrogens (tertiary/aromatic N) is 3. The summed E-state index contributed by atoms with van der Waals surface area (Å²) in [5, 5.41) is 14.0. The molecule has 0 saturated heterocycles. The van der Waals surface area contributed by atoms with Crippen molar-refractivity contribution in [3.8, 4) is 0 Å². The Morgan fingerprint density at radius 2 is 2.08 bits per heavy atom. The van der Waals surface area contributed by atoms with E-state index < -0.39 is 4.92 Å². The van der Waals surface area contributed by atoms with Crippen molar-refractivity contribution in [1.29, 1.82) is 0 Å². The Morgan fingerprint density at radius 1 is 1.29 bits per heavy atom. The van der Waals surface area contributed by atoms with Gasteiger partial charge in [-0.1, -0.05) is 0 Å². The quantitative estimate of drug-likeness (QED) is 0.687. The van der Waals surface area contributed by atoms with Crippen LogP contribution in [0.15, 0.2) is 30.3 Å². The van der Waals surface area contributed by atoms with E-state index in [1.165, 1.54) is 6.07 Å². The summed E-state index contributed by atoms with van der Waals surface area (Å²) in [6, 6.07) is 8.85. The highest BCUT2D eigenvalue weighted by Crippen LogP contribution is 2.31. The summed E-state index contributed by atoms with van der Waals surface area (Å²) in [7, 11) is 0. The molecule has 7 nitrogen and oxygen atoms in total. The molecule has 2 heterocycles. The van der Waals surface area contributed by atoms with Crippen LogP contribution in [0.3, 0.4) is 0 Å². The van der Waals surface area contributed by atoms with Gasteiger partial charge >= 0.3 is 0 Å². The van der Waals surface area contributed by atoms with Gasteiger partial charge in [-0.2, -0.15) is 0 Å². The summed E-state index contributed by atoms with van der Waals surface area (Å²) in [5.74, 6) is 0.704. The summed E-state index contributed by atoms with van der Waals surface area (Å²) < 4.78 is 0. The predicted molar refractivity (Wildman–Crippen MR) is 91.7 cm³/mol. The van der Waals surface area contributed by atoms with Crippen LogP contribution in [-0.4, -0.2) is 22.4 Å². The van der Waals surface area contributed by atoms with Gasteiger partial charge in [0.25, 0.3) is 5.69 Å². The van der Waals surface area contributed by atoms with E-state index in [-0.39, 0.29) is 11.6 Å². The summed E-state index contributed by atoms with van der Waals surface area (Å²) >= 11 is 0. The SMILES string of the molecule is CCN1C(=O)CCc2cc(Nc3ccc([N+](=O)[O-])c(C)n3)ccc21. The molecule has 1 aliphatic heterocycles. The molecule has 3 rings (SSSR count). The third kappa shape index (κ3) is 2.92. The normalized spacial score (nSPS) is 13.6. The molecule has 2 aromatic rings. The van der Waals surface area contributed by atoms with Crippen molar-refractivity contribution >= 4 is 28.8 Å². The van der Waals surface area contributed by atoms with Crippen molar-refractivity contribution in [2.24, 2.45) is 0 Å². The van der Waals surface area contributed by atoms with Gasteiger partial charge in [-0.05, 0) is 50.1 Å². The number of aryl methyl sites for hydroxylation is 2. The number of hydrogen-bond donors (Lipinski definition) is 1. The number of carbonyl (C=O) groups excluding carboxylic acids is 1. The smallest absolute Gasteiger partial charge is 0.290 e. The molecule has 7 heteroatoms. The van der Waals surface area contributed by atoms with Crippen LogP contribution in [-0.2, 0) is 11.2 Å². The molecule has 1 aromatic heterocycles. The van der Waals surface area contributed by atoms with E-state index in [1.54, 1.807) is 17.9 Å². The van der Waals surface area contributed by atoms with Gasteiger partial charge in [0.15, 0.2) is 0 Å². The zero-order chi connectivity index (χ0) is 17.3. The Balaban J connectivity index is 1.86. The lowest BCUT2D eigenvalue weighted by Crippen LogP contribution is -2.34. The van der Waals surface area contributed by atoms with Crippen LogP contribution in [0.1, 0.15) is 24.6 Å². The van der Waals surface area contributed by atoms with Crippen LogP contribution in [0.5, 0.6) is 0 Å². The Bertz CT molecular complexity index is 819. The number of amides is 1. The molecule has 0 radical (unpaired) electrons. The number of nitro groups is 1. The Morgan fingerprint density at radius 3 is 2.75 bits per heavy atom. The van der Waals surface area contributed by atoms with Gasteiger partial charge in [0.1, 0.15) is 11.5 Å². The number of aromatic nitrogens is 1. The van der Waals surface area contributed by atoms with E-state index in [1.807, 2.05) is 25.1 Å². The van der Waals surface area contributed by atoms with Crippen LogP contribution in [0.25, 0.3) is 0 Å². The molecular formula is C17H18N4O3. The van der Waals surface area contributed by atoms with E-state index in [9.17, 15) is 14.9 Å². The molecule has 0 saturated carbocycles. The highest BCUT2D eigenvalue weighted by molar-refractivity contribution is 5.96. The number of carbonyl (C=O) groups is 1. The number of anilines is 3. The lowest BCUT2D eigenvalue weighted by Gasteiger charge is -2.28. The Labute approximate surface area is 139 Å². The molecule has 24 heavy (non-hydrogen) atoms. The lowest BCUT2D eigenvalue weighted by atomic mass is 10.0. The maximum absolute atomic E-state index is 11.9. The average molecular weight is 326 g/mol. The number of rotatable bonds is 4. The number of benzene rings is 1. The van der Waals surface area contributed by atoms with Crippen LogP contribution >= 0.6 is 0 Å². The largest absolute Gasteiger partial charge is 0.340 e. The van der Waals surface area contributed by atoms with Gasteiger partial charge in [-0.3, -0.25) is 14.9 Å². The first-order chi connectivity index (χ1) is 11.5. The van der Waals surface area contributed by atoms with Gasteiger partial charge in [-0.15, -0.1) is 0 Å². The first-order valence-electron chi connectivity index (χ1n) is 7.82. The highest BCUT2D eigenvalue weighted by atomic mass is 16.6. The Hall–Kier alpha value is -2.96. The second-order valence-electron chi connectivity index (χ2n) is 5.66. The van der Waals surface area contributed by atoms with Crippen molar-refractivity contribution < 1.29 is 9.72 Å². The second-order valence-corrected chi connectivity index (χ2v) is 5.66. The fourth-order valence-corrected chi connectivity index (χ4v) is 2.95. The van der Waals surface area contributed by atoms with Crippen molar-refractivity contribution in [3.05, 3.63) is 51.7 Å². The first kappa shape index (κ1) is 15.9. The van der Waals surface area contributed by atoms with Crippen LogP contribution < -0.4 is 10.2 Å². The van der Waals surface area contributed by atoms with E-state index >= 15 is 0 Å². The molecule has 0 aliphatic carbocycles. The fourth-order valence-electron chi connectivity index (χ4n) is 2.95. The average Bonchev–Trinajstić information content (AvgIpc) is 2.54. The standard InChI is InChI=1S/C17H18N4O3/c1-3-20-15-6-5-13(10-12(15)4-9-17(20)22)19-16-8-7-14(21(23)24)11(2)18-16/h5-8,10H,3-4,9H2,1-2H3,(H,18,19). The van der Waals surface area contributed by atoms with Gasteiger partial charge in [0.2, 0.25) is 5.91 Å². The maximum atomic E-state index is 11.9. The zero-order valence-corrected chi connectivity index (χ0v) is 13.6. The summed E-state index contributed by atoms with van der Waals surface area (Å²) in [6.07, 6.45) is 1.23. The van der Waals surface area contributed by atoms with Crippen LogP contribution in [0.4, 0.5) is 22.9 Å². The zero-order valence-electron chi connectivity index (χ0n) is 13.6. The number of hydrogen-bond acceptors (Lipinski definition) is 5. The molecule has 1 amide bonds. The molecular weight excluding hydrogens is 308 g/mol. The van der Waals surface area contributed by atoms with Gasteiger partial charge in [0, 0.05) is 30.4 Å². The fraction of sp³-hybridized carbons (Fsp3) is 0.294. The highest BCUT2D eigenvalue weighted by Gasteiger charge is 2.22. The van der Waals surface area contributed by atoms with Crippen molar-refractivity contribution in [1.82, 2.24) is 4.98 Å². The molecule has 1 N–H and O–H groups in total. The van der Waals surface area contributed by atoms with Crippen molar-refractivity contribution in [3.63, 3.8) is 0 Å². The summed E-state index contributed by atoms with van der Waals surface area (Å²) in [4.78, 5) is 28.4. The number of fused-ring (bicyclic) bond motifs is 1.